The maximum absolute atomic E-state index is 12.9. The molecule has 0 radical (unpaired) electrons. The number of carbonyl (C=O) groups is 1. The van der Waals surface area contributed by atoms with Crippen molar-refractivity contribution in [1.82, 2.24) is 0 Å². The summed E-state index contributed by atoms with van der Waals surface area (Å²) in [4.78, 5) is 10.3. The summed E-state index contributed by atoms with van der Waals surface area (Å²) in [6.45, 7) is 0. The van der Waals surface area contributed by atoms with E-state index in [1.165, 1.54) is 6.07 Å². The lowest BCUT2D eigenvalue weighted by atomic mass is 9.78. The summed E-state index contributed by atoms with van der Waals surface area (Å²) in [6.07, 6.45) is 1.52. The lowest BCUT2D eigenvalue weighted by Gasteiger charge is -2.25. The molecule has 1 aromatic carbocycles. The molecule has 2 rings (SSSR count). The highest BCUT2D eigenvalue weighted by molar-refractivity contribution is 5.68. The van der Waals surface area contributed by atoms with E-state index in [0.29, 0.717) is 12.0 Å². The van der Waals surface area contributed by atoms with Crippen LogP contribution in [-0.4, -0.2) is 6.29 Å². The zero-order valence-corrected chi connectivity index (χ0v) is 5.88. The molecule has 11 heavy (non-hydrogen) atoms. The summed E-state index contributed by atoms with van der Waals surface area (Å²) in [5, 5.41) is 0. The summed E-state index contributed by atoms with van der Waals surface area (Å²) in [5.74, 6) is -0.433. The number of fused-ring (bicyclic) bond motifs is 1. The predicted molar refractivity (Wildman–Crippen MR) is 38.9 cm³/mol. The summed E-state index contributed by atoms with van der Waals surface area (Å²) in [5.41, 5.74) is 1.57. The van der Waals surface area contributed by atoms with Crippen LogP contribution in [-0.2, 0) is 11.2 Å². The maximum atomic E-state index is 12.9. The fraction of sp³-hybridized carbons (Fsp3) is 0.222. The molecule has 0 spiro atoms. The summed E-state index contributed by atoms with van der Waals surface area (Å²) >= 11 is 0. The fourth-order valence-electron chi connectivity index (χ4n) is 1.50. The zero-order valence-electron chi connectivity index (χ0n) is 5.88. The first-order valence-electron chi connectivity index (χ1n) is 3.55. The Kier molecular flexibility index (Phi) is 1.28. The van der Waals surface area contributed by atoms with Crippen molar-refractivity contribution in [2.24, 2.45) is 0 Å². The van der Waals surface area contributed by atoms with E-state index < -0.39 is 0 Å². The van der Waals surface area contributed by atoms with Gasteiger partial charge in [0.2, 0.25) is 0 Å². The van der Waals surface area contributed by atoms with E-state index in [1.54, 1.807) is 6.07 Å². The Morgan fingerprint density at radius 1 is 1.55 bits per heavy atom. The third kappa shape index (κ3) is 0.788. The maximum Gasteiger partial charge on any atom is 0.127 e. The number of aldehydes is 1. The summed E-state index contributed by atoms with van der Waals surface area (Å²) < 4.78 is 12.9. The van der Waals surface area contributed by atoms with Crippen LogP contribution in [0.15, 0.2) is 18.2 Å². The van der Waals surface area contributed by atoms with Crippen molar-refractivity contribution in [1.29, 1.82) is 0 Å². The number of benzene rings is 1. The predicted octanol–water partition coefficient (Wildman–Crippen LogP) is 1.66. The van der Waals surface area contributed by atoms with Crippen LogP contribution in [0, 0.1) is 5.82 Å². The SMILES string of the molecule is O=CC1Cc2cccc(F)c21. The molecule has 0 amide bonds. The Labute approximate surface area is 63.8 Å². The van der Waals surface area contributed by atoms with Gasteiger partial charge in [0.05, 0.1) is 0 Å². The molecule has 0 saturated heterocycles. The first-order valence-corrected chi connectivity index (χ1v) is 3.55. The van der Waals surface area contributed by atoms with E-state index in [1.807, 2.05) is 6.07 Å². The highest BCUT2D eigenvalue weighted by atomic mass is 19.1. The second-order valence-corrected chi connectivity index (χ2v) is 2.76. The van der Waals surface area contributed by atoms with Crippen molar-refractivity contribution >= 4 is 6.29 Å². The molecule has 1 unspecified atom stereocenters. The van der Waals surface area contributed by atoms with Gasteiger partial charge in [-0.25, -0.2) is 4.39 Å². The number of halogens is 1. The molecule has 0 N–H and O–H groups in total. The zero-order chi connectivity index (χ0) is 7.84. The second kappa shape index (κ2) is 2.16. The molecule has 1 nitrogen and oxygen atoms in total. The van der Waals surface area contributed by atoms with Gasteiger partial charge in [0.15, 0.2) is 0 Å². The minimum Gasteiger partial charge on any atom is -0.303 e. The Bertz CT molecular complexity index is 292. The Morgan fingerprint density at radius 3 is 3.00 bits per heavy atom. The Hall–Kier alpha value is -1.18. The standard InChI is InChI=1S/C9H7FO/c10-8-3-1-2-6-4-7(5-11)9(6)8/h1-3,5,7H,4H2. The molecule has 2 heteroatoms. The first kappa shape index (κ1) is 6.53. The smallest absolute Gasteiger partial charge is 0.127 e. The van der Waals surface area contributed by atoms with E-state index in [0.717, 1.165) is 11.8 Å². The van der Waals surface area contributed by atoms with Gasteiger partial charge in [-0.3, -0.25) is 0 Å². The summed E-state index contributed by atoms with van der Waals surface area (Å²) in [7, 11) is 0. The van der Waals surface area contributed by atoms with Gasteiger partial charge in [0, 0.05) is 11.5 Å². The van der Waals surface area contributed by atoms with Gasteiger partial charge < -0.3 is 4.79 Å². The Balaban J connectivity index is 2.51. The Morgan fingerprint density at radius 2 is 2.36 bits per heavy atom. The average molecular weight is 150 g/mol. The number of hydrogen-bond donors (Lipinski definition) is 0. The van der Waals surface area contributed by atoms with E-state index in [-0.39, 0.29) is 11.7 Å². The van der Waals surface area contributed by atoms with Crippen molar-refractivity contribution in [3.8, 4) is 0 Å². The van der Waals surface area contributed by atoms with Crippen molar-refractivity contribution in [2.45, 2.75) is 12.3 Å². The van der Waals surface area contributed by atoms with Gasteiger partial charge in [0.1, 0.15) is 12.1 Å². The van der Waals surface area contributed by atoms with Crippen LogP contribution >= 0.6 is 0 Å². The molecular formula is C9H7FO. The van der Waals surface area contributed by atoms with Crippen LogP contribution in [0.2, 0.25) is 0 Å². The average Bonchev–Trinajstić information content (AvgIpc) is 1.93. The van der Waals surface area contributed by atoms with E-state index in [2.05, 4.69) is 0 Å². The molecule has 1 atom stereocenters. The van der Waals surface area contributed by atoms with Crippen LogP contribution in [0.25, 0.3) is 0 Å². The lowest BCUT2D eigenvalue weighted by molar-refractivity contribution is -0.109. The molecular weight excluding hydrogens is 143 g/mol. The van der Waals surface area contributed by atoms with Crippen molar-refractivity contribution in [3.05, 3.63) is 35.1 Å². The molecule has 0 bridgehead atoms. The third-order valence-corrected chi connectivity index (χ3v) is 2.12. The topological polar surface area (TPSA) is 17.1 Å². The largest absolute Gasteiger partial charge is 0.303 e. The minimum atomic E-state index is -0.245. The van der Waals surface area contributed by atoms with Crippen molar-refractivity contribution in [2.75, 3.05) is 0 Å². The highest BCUT2D eigenvalue weighted by Gasteiger charge is 2.28. The van der Waals surface area contributed by atoms with Crippen molar-refractivity contribution in [3.63, 3.8) is 0 Å². The normalized spacial score (nSPS) is 20.3. The monoisotopic (exact) mass is 150 g/mol. The van der Waals surface area contributed by atoms with Gasteiger partial charge in [-0.05, 0) is 18.1 Å². The van der Waals surface area contributed by atoms with Crippen LogP contribution < -0.4 is 0 Å². The van der Waals surface area contributed by atoms with Gasteiger partial charge in [-0.15, -0.1) is 0 Å². The second-order valence-electron chi connectivity index (χ2n) is 2.76. The molecule has 1 aliphatic carbocycles. The highest BCUT2D eigenvalue weighted by Crippen LogP contribution is 2.34. The van der Waals surface area contributed by atoms with Crippen LogP contribution in [0.4, 0.5) is 4.39 Å². The van der Waals surface area contributed by atoms with Crippen LogP contribution in [0.1, 0.15) is 17.0 Å². The molecule has 0 aliphatic heterocycles. The number of hydrogen-bond acceptors (Lipinski definition) is 1. The van der Waals surface area contributed by atoms with Gasteiger partial charge in [-0.1, -0.05) is 12.1 Å². The quantitative estimate of drug-likeness (QED) is 0.556. The number of carbonyl (C=O) groups excluding carboxylic acids is 1. The summed E-state index contributed by atoms with van der Waals surface area (Å²) in [6, 6.07) is 4.93. The molecule has 0 heterocycles. The van der Waals surface area contributed by atoms with Crippen molar-refractivity contribution < 1.29 is 9.18 Å². The van der Waals surface area contributed by atoms with E-state index >= 15 is 0 Å². The van der Waals surface area contributed by atoms with Gasteiger partial charge >= 0.3 is 0 Å². The lowest BCUT2D eigenvalue weighted by Crippen LogP contribution is -2.19. The van der Waals surface area contributed by atoms with Gasteiger partial charge in [-0.2, -0.15) is 0 Å². The molecule has 1 aliphatic rings. The minimum absolute atomic E-state index is 0.189. The van der Waals surface area contributed by atoms with Crippen LogP contribution in [0.3, 0.4) is 0 Å². The molecule has 0 fully saturated rings. The first-order chi connectivity index (χ1) is 5.33. The molecule has 0 saturated carbocycles. The van der Waals surface area contributed by atoms with Gasteiger partial charge in [0.25, 0.3) is 0 Å². The molecule has 56 valence electrons. The van der Waals surface area contributed by atoms with Crippen LogP contribution in [0.5, 0.6) is 0 Å². The molecule has 1 aromatic rings. The molecule has 0 aromatic heterocycles. The number of rotatable bonds is 1. The fourth-order valence-corrected chi connectivity index (χ4v) is 1.50. The third-order valence-electron chi connectivity index (χ3n) is 2.12. The van der Waals surface area contributed by atoms with E-state index in [4.69, 9.17) is 0 Å². The van der Waals surface area contributed by atoms with E-state index in [9.17, 15) is 9.18 Å².